The average Bonchev–Trinajstić information content (AvgIpc) is 2.33. The zero-order chi connectivity index (χ0) is 11.4. The minimum atomic E-state index is 0.384. The van der Waals surface area contributed by atoms with Crippen LogP contribution in [-0.2, 0) is 6.42 Å². The Bertz CT molecular complexity index is 474. The van der Waals surface area contributed by atoms with Crippen LogP contribution in [0.4, 0.5) is 0 Å². The molecule has 0 saturated heterocycles. The smallest absolute Gasteiger partial charge is 0.123 e. The third-order valence-corrected chi connectivity index (χ3v) is 3.04. The molecule has 0 bridgehead atoms. The number of aromatic hydroxyl groups is 1. The van der Waals surface area contributed by atoms with Crippen molar-refractivity contribution in [2.75, 3.05) is 0 Å². The second kappa shape index (κ2) is 5.02. The summed E-state index contributed by atoms with van der Waals surface area (Å²) in [6.45, 7) is 2.22. The molecule has 0 radical (unpaired) electrons. The van der Waals surface area contributed by atoms with E-state index in [2.05, 4.69) is 13.0 Å². The van der Waals surface area contributed by atoms with Crippen molar-refractivity contribution < 1.29 is 5.11 Å². The van der Waals surface area contributed by atoms with Gasteiger partial charge in [0.2, 0.25) is 0 Å². The lowest BCUT2D eigenvalue weighted by Gasteiger charge is -2.07. The van der Waals surface area contributed by atoms with Crippen LogP contribution in [0.25, 0.3) is 10.8 Å². The number of phenols is 1. The van der Waals surface area contributed by atoms with Crippen molar-refractivity contribution in [3.63, 3.8) is 0 Å². The number of unbranched alkanes of at least 4 members (excludes halogenated alkanes) is 2. The number of phenolic OH excluding ortho intramolecular Hbond substituents is 1. The Kier molecular flexibility index (Phi) is 3.45. The number of rotatable bonds is 4. The molecule has 1 N–H and O–H groups in total. The van der Waals surface area contributed by atoms with Crippen molar-refractivity contribution in [1.82, 2.24) is 0 Å². The van der Waals surface area contributed by atoms with Crippen LogP contribution < -0.4 is 0 Å². The first-order chi connectivity index (χ1) is 7.83. The molecule has 0 atom stereocenters. The van der Waals surface area contributed by atoms with Gasteiger partial charge < -0.3 is 5.11 Å². The Morgan fingerprint density at radius 1 is 0.938 bits per heavy atom. The van der Waals surface area contributed by atoms with Crippen LogP contribution in [0.5, 0.6) is 5.75 Å². The first kappa shape index (κ1) is 11.0. The molecule has 0 saturated carbocycles. The average molecular weight is 214 g/mol. The Labute approximate surface area is 96.7 Å². The van der Waals surface area contributed by atoms with Crippen LogP contribution in [-0.4, -0.2) is 5.11 Å². The molecular weight excluding hydrogens is 196 g/mol. The molecule has 0 spiro atoms. The summed E-state index contributed by atoms with van der Waals surface area (Å²) in [5.41, 5.74) is 1.35. The number of fused-ring (bicyclic) bond motifs is 1. The Morgan fingerprint density at radius 3 is 2.44 bits per heavy atom. The van der Waals surface area contributed by atoms with E-state index >= 15 is 0 Å². The van der Waals surface area contributed by atoms with Gasteiger partial charge in [0, 0.05) is 5.39 Å². The van der Waals surface area contributed by atoms with Crippen molar-refractivity contribution >= 4 is 10.8 Å². The molecule has 0 aliphatic carbocycles. The van der Waals surface area contributed by atoms with E-state index in [1.807, 2.05) is 30.3 Å². The predicted molar refractivity (Wildman–Crippen MR) is 68.8 cm³/mol. The number of benzene rings is 2. The summed E-state index contributed by atoms with van der Waals surface area (Å²) < 4.78 is 0. The zero-order valence-electron chi connectivity index (χ0n) is 9.74. The van der Waals surface area contributed by atoms with Crippen molar-refractivity contribution in [1.29, 1.82) is 0 Å². The normalized spacial score (nSPS) is 10.8. The molecule has 84 valence electrons. The highest BCUT2D eigenvalue weighted by atomic mass is 16.3. The summed E-state index contributed by atoms with van der Waals surface area (Å²) in [6.07, 6.45) is 4.85. The first-order valence-corrected chi connectivity index (χ1v) is 6.02. The van der Waals surface area contributed by atoms with E-state index in [0.717, 1.165) is 11.8 Å². The summed E-state index contributed by atoms with van der Waals surface area (Å²) >= 11 is 0. The summed E-state index contributed by atoms with van der Waals surface area (Å²) in [4.78, 5) is 0. The van der Waals surface area contributed by atoms with Gasteiger partial charge in [-0.1, -0.05) is 50.1 Å². The van der Waals surface area contributed by atoms with Gasteiger partial charge in [0.1, 0.15) is 5.75 Å². The minimum Gasteiger partial charge on any atom is -0.507 e. The van der Waals surface area contributed by atoms with Gasteiger partial charge in [-0.05, 0) is 29.9 Å². The summed E-state index contributed by atoms with van der Waals surface area (Å²) in [7, 11) is 0. The van der Waals surface area contributed by atoms with Gasteiger partial charge in [-0.25, -0.2) is 0 Å². The minimum absolute atomic E-state index is 0.384. The topological polar surface area (TPSA) is 20.2 Å². The maximum atomic E-state index is 9.77. The Balaban J connectivity index is 2.35. The molecule has 0 heterocycles. The van der Waals surface area contributed by atoms with Crippen LogP contribution in [0.3, 0.4) is 0 Å². The lowest BCUT2D eigenvalue weighted by Crippen LogP contribution is -1.88. The van der Waals surface area contributed by atoms with E-state index in [0.29, 0.717) is 5.75 Å². The van der Waals surface area contributed by atoms with Crippen molar-refractivity contribution in [2.24, 2.45) is 0 Å². The lowest BCUT2D eigenvalue weighted by molar-refractivity contribution is 0.481. The van der Waals surface area contributed by atoms with Gasteiger partial charge in [0.25, 0.3) is 0 Å². The van der Waals surface area contributed by atoms with Gasteiger partial charge >= 0.3 is 0 Å². The molecule has 0 aliphatic heterocycles. The fourth-order valence-electron chi connectivity index (χ4n) is 2.13. The highest BCUT2D eigenvalue weighted by molar-refractivity contribution is 5.90. The SMILES string of the molecule is CCCCCc1ccc(O)c2ccccc12. The van der Waals surface area contributed by atoms with E-state index < -0.39 is 0 Å². The molecule has 2 rings (SSSR count). The van der Waals surface area contributed by atoms with E-state index in [-0.39, 0.29) is 0 Å². The van der Waals surface area contributed by atoms with Gasteiger partial charge in [-0.2, -0.15) is 0 Å². The molecule has 2 aromatic rings. The van der Waals surface area contributed by atoms with Crippen molar-refractivity contribution in [2.45, 2.75) is 32.6 Å². The summed E-state index contributed by atoms with van der Waals surface area (Å²) in [5, 5.41) is 11.9. The van der Waals surface area contributed by atoms with Gasteiger partial charge in [0.05, 0.1) is 0 Å². The highest BCUT2D eigenvalue weighted by Gasteiger charge is 2.03. The third-order valence-electron chi connectivity index (χ3n) is 3.04. The molecular formula is C15H18O. The maximum absolute atomic E-state index is 9.77. The third kappa shape index (κ3) is 2.19. The second-order valence-corrected chi connectivity index (χ2v) is 4.25. The van der Waals surface area contributed by atoms with Crippen LogP contribution in [0.2, 0.25) is 0 Å². The molecule has 0 amide bonds. The zero-order valence-corrected chi connectivity index (χ0v) is 9.74. The largest absolute Gasteiger partial charge is 0.507 e. The molecule has 16 heavy (non-hydrogen) atoms. The fraction of sp³-hybridized carbons (Fsp3) is 0.333. The summed E-state index contributed by atoms with van der Waals surface area (Å²) in [6, 6.07) is 11.9. The molecule has 0 unspecified atom stereocenters. The maximum Gasteiger partial charge on any atom is 0.123 e. The van der Waals surface area contributed by atoms with Gasteiger partial charge in [-0.15, -0.1) is 0 Å². The summed E-state index contributed by atoms with van der Waals surface area (Å²) in [5.74, 6) is 0.384. The Hall–Kier alpha value is -1.50. The number of hydrogen-bond acceptors (Lipinski definition) is 1. The van der Waals surface area contributed by atoms with Crippen LogP contribution in [0.15, 0.2) is 36.4 Å². The molecule has 2 aromatic carbocycles. The highest BCUT2D eigenvalue weighted by Crippen LogP contribution is 2.28. The van der Waals surface area contributed by atoms with Gasteiger partial charge in [0.15, 0.2) is 0 Å². The fourth-order valence-corrected chi connectivity index (χ4v) is 2.13. The van der Waals surface area contributed by atoms with E-state index in [1.165, 1.54) is 30.2 Å². The van der Waals surface area contributed by atoms with Crippen molar-refractivity contribution in [3.8, 4) is 5.75 Å². The lowest BCUT2D eigenvalue weighted by atomic mass is 9.99. The quantitative estimate of drug-likeness (QED) is 0.753. The molecule has 0 aromatic heterocycles. The van der Waals surface area contributed by atoms with Gasteiger partial charge in [-0.3, -0.25) is 0 Å². The molecule has 0 fully saturated rings. The standard InChI is InChI=1S/C15H18O/c1-2-3-4-7-12-10-11-15(16)14-9-6-5-8-13(12)14/h5-6,8-11,16H,2-4,7H2,1H3. The number of aryl methyl sites for hydroxylation is 1. The molecule has 0 aliphatic rings. The van der Waals surface area contributed by atoms with Crippen LogP contribution in [0.1, 0.15) is 31.7 Å². The first-order valence-electron chi connectivity index (χ1n) is 6.02. The second-order valence-electron chi connectivity index (χ2n) is 4.25. The molecule has 1 nitrogen and oxygen atoms in total. The molecule has 1 heteroatoms. The van der Waals surface area contributed by atoms with Crippen molar-refractivity contribution in [3.05, 3.63) is 42.0 Å². The van der Waals surface area contributed by atoms with Crippen LogP contribution in [0, 0.1) is 0 Å². The van der Waals surface area contributed by atoms with E-state index in [9.17, 15) is 5.11 Å². The van der Waals surface area contributed by atoms with E-state index in [1.54, 1.807) is 0 Å². The number of hydrogen-bond donors (Lipinski definition) is 1. The Morgan fingerprint density at radius 2 is 1.69 bits per heavy atom. The predicted octanol–water partition coefficient (Wildman–Crippen LogP) is 4.28. The monoisotopic (exact) mass is 214 g/mol. The van der Waals surface area contributed by atoms with E-state index in [4.69, 9.17) is 0 Å². The van der Waals surface area contributed by atoms with Crippen LogP contribution >= 0.6 is 0 Å².